The van der Waals surface area contributed by atoms with Crippen molar-refractivity contribution in [1.82, 2.24) is 15.1 Å². The summed E-state index contributed by atoms with van der Waals surface area (Å²) in [6.07, 6.45) is 0.274. The topological polar surface area (TPSA) is 44.8 Å². The third kappa shape index (κ3) is 2.36. The third-order valence-corrected chi connectivity index (χ3v) is 3.35. The van der Waals surface area contributed by atoms with Crippen LogP contribution in [0.5, 0.6) is 0 Å². The Hall–Kier alpha value is -0.650. The Morgan fingerprint density at radius 2 is 2.25 bits per heavy atom. The van der Waals surface area contributed by atoms with Crippen molar-refractivity contribution in [3.63, 3.8) is 0 Å². The minimum atomic E-state index is -0.0590. The number of ether oxygens (including phenoxy) is 1. The van der Waals surface area contributed by atoms with Crippen molar-refractivity contribution in [2.24, 2.45) is 0 Å². The molecule has 2 heterocycles. The maximum atomic E-state index is 11.9. The minimum absolute atomic E-state index is 0.0590. The molecule has 1 amide bonds. The van der Waals surface area contributed by atoms with Crippen LogP contribution in [-0.4, -0.2) is 67.3 Å². The van der Waals surface area contributed by atoms with Gasteiger partial charge in [-0.25, -0.2) is 0 Å². The Morgan fingerprint density at radius 1 is 1.50 bits per heavy atom. The van der Waals surface area contributed by atoms with Crippen molar-refractivity contribution in [2.45, 2.75) is 32.2 Å². The van der Waals surface area contributed by atoms with Gasteiger partial charge in [-0.2, -0.15) is 0 Å². The molecular formula is C11H21N3O2. The molecule has 0 saturated carbocycles. The van der Waals surface area contributed by atoms with Crippen LogP contribution >= 0.6 is 0 Å². The van der Waals surface area contributed by atoms with Crippen LogP contribution in [0.25, 0.3) is 0 Å². The van der Waals surface area contributed by atoms with Gasteiger partial charge in [-0.3, -0.25) is 10.1 Å². The van der Waals surface area contributed by atoms with E-state index in [0.717, 1.165) is 19.7 Å². The van der Waals surface area contributed by atoms with Gasteiger partial charge >= 0.3 is 0 Å². The summed E-state index contributed by atoms with van der Waals surface area (Å²) in [6.45, 7) is 7.28. The lowest BCUT2D eigenvalue weighted by Gasteiger charge is -2.33. The first-order valence-electron chi connectivity index (χ1n) is 5.94. The maximum absolute atomic E-state index is 11.9. The van der Waals surface area contributed by atoms with Crippen LogP contribution in [0.3, 0.4) is 0 Å². The fraction of sp³-hybridized carbons (Fsp3) is 0.909. The molecule has 2 saturated heterocycles. The normalized spacial score (nSPS) is 37.1. The largest absolute Gasteiger partial charge is 0.374 e. The van der Waals surface area contributed by atoms with Gasteiger partial charge in [0, 0.05) is 19.6 Å². The molecule has 0 radical (unpaired) electrons. The number of nitrogens with one attached hydrogen (secondary N) is 1. The van der Waals surface area contributed by atoms with Gasteiger partial charge in [-0.05, 0) is 20.9 Å². The minimum Gasteiger partial charge on any atom is -0.374 e. The van der Waals surface area contributed by atoms with Gasteiger partial charge in [0.05, 0.1) is 24.9 Å². The van der Waals surface area contributed by atoms with Crippen LogP contribution in [-0.2, 0) is 9.53 Å². The van der Waals surface area contributed by atoms with E-state index in [1.807, 2.05) is 18.7 Å². The third-order valence-electron chi connectivity index (χ3n) is 3.35. The molecule has 0 aromatic carbocycles. The molecule has 3 unspecified atom stereocenters. The van der Waals surface area contributed by atoms with E-state index in [4.69, 9.17) is 4.74 Å². The molecule has 1 N–H and O–H groups in total. The smallest absolute Gasteiger partial charge is 0.240 e. The van der Waals surface area contributed by atoms with E-state index in [9.17, 15) is 4.79 Å². The van der Waals surface area contributed by atoms with Gasteiger partial charge in [-0.1, -0.05) is 0 Å². The molecular weight excluding hydrogens is 206 g/mol. The predicted molar refractivity (Wildman–Crippen MR) is 61.0 cm³/mol. The molecule has 0 spiro atoms. The average Bonchev–Trinajstić information content (AvgIpc) is 2.45. The Balaban J connectivity index is 1.91. The van der Waals surface area contributed by atoms with Gasteiger partial charge < -0.3 is 14.5 Å². The molecule has 16 heavy (non-hydrogen) atoms. The average molecular weight is 227 g/mol. The highest BCUT2D eigenvalue weighted by molar-refractivity contribution is 5.83. The van der Waals surface area contributed by atoms with E-state index in [2.05, 4.69) is 17.3 Å². The number of rotatable bonds is 2. The summed E-state index contributed by atoms with van der Waals surface area (Å²) in [5.74, 6) is 0.185. The molecule has 3 atom stereocenters. The SMILES string of the molecule is CC1NC(C)N(CC2CN(C)CCO2)C1=O. The quantitative estimate of drug-likeness (QED) is 0.690. The van der Waals surface area contributed by atoms with Crippen molar-refractivity contribution < 1.29 is 9.53 Å². The van der Waals surface area contributed by atoms with E-state index >= 15 is 0 Å². The second-order valence-corrected chi connectivity index (χ2v) is 4.81. The van der Waals surface area contributed by atoms with Crippen LogP contribution in [0.1, 0.15) is 13.8 Å². The van der Waals surface area contributed by atoms with Gasteiger partial charge in [0.1, 0.15) is 0 Å². The molecule has 5 heteroatoms. The second-order valence-electron chi connectivity index (χ2n) is 4.81. The zero-order valence-electron chi connectivity index (χ0n) is 10.3. The van der Waals surface area contributed by atoms with Gasteiger partial charge in [0.2, 0.25) is 5.91 Å². The van der Waals surface area contributed by atoms with E-state index in [1.54, 1.807) is 0 Å². The molecule has 0 aromatic heterocycles. The van der Waals surface area contributed by atoms with Gasteiger partial charge in [-0.15, -0.1) is 0 Å². The molecule has 0 aliphatic carbocycles. The Morgan fingerprint density at radius 3 is 2.81 bits per heavy atom. The lowest BCUT2D eigenvalue weighted by atomic mass is 10.2. The molecule has 0 aromatic rings. The molecule has 2 aliphatic heterocycles. The summed E-state index contributed by atoms with van der Waals surface area (Å²) in [5, 5.41) is 3.22. The van der Waals surface area contributed by atoms with Gasteiger partial charge in [0.15, 0.2) is 0 Å². The van der Waals surface area contributed by atoms with Crippen molar-refractivity contribution >= 4 is 5.91 Å². The maximum Gasteiger partial charge on any atom is 0.240 e. The number of carbonyl (C=O) groups is 1. The fourth-order valence-corrected chi connectivity index (χ4v) is 2.41. The van der Waals surface area contributed by atoms with Crippen LogP contribution in [0.2, 0.25) is 0 Å². The highest BCUT2D eigenvalue weighted by Crippen LogP contribution is 2.13. The first kappa shape index (κ1) is 11.8. The summed E-state index contributed by atoms with van der Waals surface area (Å²) >= 11 is 0. The highest BCUT2D eigenvalue weighted by atomic mass is 16.5. The summed E-state index contributed by atoms with van der Waals surface area (Å²) in [6, 6.07) is -0.0590. The molecule has 5 nitrogen and oxygen atoms in total. The monoisotopic (exact) mass is 227 g/mol. The van der Waals surface area contributed by atoms with Crippen molar-refractivity contribution in [3.05, 3.63) is 0 Å². The fourth-order valence-electron chi connectivity index (χ4n) is 2.41. The number of hydrogen-bond donors (Lipinski definition) is 1. The Kier molecular flexibility index (Phi) is 3.47. The van der Waals surface area contributed by atoms with E-state index in [1.165, 1.54) is 0 Å². The predicted octanol–water partition coefficient (Wildman–Crippen LogP) is -0.517. The molecule has 2 rings (SSSR count). The first-order chi connectivity index (χ1) is 7.58. The van der Waals surface area contributed by atoms with Crippen molar-refractivity contribution in [2.75, 3.05) is 33.3 Å². The molecule has 2 aliphatic rings. The highest BCUT2D eigenvalue weighted by Gasteiger charge is 2.35. The number of hydrogen-bond acceptors (Lipinski definition) is 4. The lowest BCUT2D eigenvalue weighted by molar-refractivity contribution is -0.132. The number of carbonyl (C=O) groups excluding carboxylic acids is 1. The summed E-state index contributed by atoms with van der Waals surface area (Å²) in [5.41, 5.74) is 0. The van der Waals surface area contributed by atoms with Crippen molar-refractivity contribution in [1.29, 1.82) is 0 Å². The lowest BCUT2D eigenvalue weighted by Crippen LogP contribution is -2.48. The zero-order valence-corrected chi connectivity index (χ0v) is 10.3. The Labute approximate surface area is 96.7 Å². The standard InChI is InChI=1S/C11H21N3O2/c1-8-11(15)14(9(2)12-8)7-10-6-13(3)4-5-16-10/h8-10,12H,4-7H2,1-3H3. The second kappa shape index (κ2) is 4.69. The van der Waals surface area contributed by atoms with Crippen LogP contribution in [0.15, 0.2) is 0 Å². The first-order valence-corrected chi connectivity index (χ1v) is 5.94. The zero-order chi connectivity index (χ0) is 11.7. The van der Waals surface area contributed by atoms with Crippen LogP contribution in [0, 0.1) is 0 Å². The molecule has 92 valence electrons. The van der Waals surface area contributed by atoms with E-state index in [0.29, 0.717) is 6.54 Å². The summed E-state index contributed by atoms with van der Waals surface area (Å²) in [4.78, 5) is 16.0. The summed E-state index contributed by atoms with van der Waals surface area (Å²) in [7, 11) is 2.09. The van der Waals surface area contributed by atoms with Crippen LogP contribution in [0.4, 0.5) is 0 Å². The van der Waals surface area contributed by atoms with Crippen LogP contribution < -0.4 is 5.32 Å². The number of likely N-dealkylation sites (N-methyl/N-ethyl adjacent to an activating group) is 1. The van der Waals surface area contributed by atoms with Gasteiger partial charge in [0.25, 0.3) is 0 Å². The Bertz CT molecular complexity index is 272. The molecule has 2 fully saturated rings. The number of morpholine rings is 1. The summed E-state index contributed by atoms with van der Waals surface area (Å²) < 4.78 is 5.68. The van der Waals surface area contributed by atoms with E-state index < -0.39 is 0 Å². The van der Waals surface area contributed by atoms with Crippen molar-refractivity contribution in [3.8, 4) is 0 Å². The molecule has 0 bridgehead atoms. The number of nitrogens with zero attached hydrogens (tertiary/aromatic N) is 2. The number of amides is 1. The van der Waals surface area contributed by atoms with E-state index in [-0.39, 0.29) is 24.2 Å².